The first-order chi connectivity index (χ1) is 14.2. The highest BCUT2D eigenvalue weighted by Crippen LogP contribution is 2.26. The zero-order valence-electron chi connectivity index (χ0n) is 19.2. The molecule has 1 amide bonds. The van der Waals surface area contributed by atoms with Gasteiger partial charge in [0, 0.05) is 18.5 Å². The van der Waals surface area contributed by atoms with E-state index in [4.69, 9.17) is 14.2 Å². The summed E-state index contributed by atoms with van der Waals surface area (Å²) in [5, 5.41) is 4.27. The van der Waals surface area contributed by atoms with Gasteiger partial charge in [0.25, 0.3) is 0 Å². The van der Waals surface area contributed by atoms with E-state index in [1.807, 2.05) is 0 Å². The number of carbonyl (C=O) groups excluding carboxylic acids is 4. The minimum absolute atomic E-state index is 0.0247. The Kier molecular flexibility index (Phi) is 7.13. The molecule has 10 heteroatoms. The molecule has 0 N–H and O–H groups in total. The van der Waals surface area contributed by atoms with E-state index in [2.05, 4.69) is 5.10 Å². The van der Waals surface area contributed by atoms with Gasteiger partial charge in [-0.3, -0.25) is 9.59 Å². The van der Waals surface area contributed by atoms with Crippen LogP contribution in [-0.4, -0.2) is 63.0 Å². The second kappa shape index (κ2) is 9.07. The Bertz CT molecular complexity index is 875. The third-order valence-electron chi connectivity index (χ3n) is 4.13. The molecule has 0 spiro atoms. The van der Waals surface area contributed by atoms with Crippen molar-refractivity contribution in [3.05, 3.63) is 17.0 Å². The monoisotopic (exact) mass is 437 g/mol. The maximum atomic E-state index is 13.0. The summed E-state index contributed by atoms with van der Waals surface area (Å²) in [6.07, 6.45) is -1.60. The van der Waals surface area contributed by atoms with Crippen LogP contribution in [0.5, 0.6) is 0 Å². The number of Topliss-reactive ketones (excluding diaryl/α,β-unsaturated/α-hetero) is 1. The van der Waals surface area contributed by atoms with Crippen molar-refractivity contribution >= 4 is 23.9 Å². The summed E-state index contributed by atoms with van der Waals surface area (Å²) in [4.78, 5) is 51.5. The molecule has 10 nitrogen and oxygen atoms in total. The van der Waals surface area contributed by atoms with Crippen LogP contribution in [-0.2, 0) is 32.0 Å². The number of ether oxygens (including phenoxy) is 3. The van der Waals surface area contributed by atoms with Gasteiger partial charge in [-0.25, -0.2) is 9.59 Å². The maximum Gasteiger partial charge on any atom is 0.435 e. The Labute approximate surface area is 181 Å². The van der Waals surface area contributed by atoms with Gasteiger partial charge in [0.2, 0.25) is 0 Å². The van der Waals surface area contributed by atoms with Gasteiger partial charge >= 0.3 is 18.2 Å². The normalized spacial score (nSPS) is 14.0. The number of hydrogen-bond donors (Lipinski definition) is 0. The van der Waals surface area contributed by atoms with Crippen LogP contribution in [0.15, 0.2) is 0 Å². The Morgan fingerprint density at radius 3 is 2.10 bits per heavy atom. The summed E-state index contributed by atoms with van der Waals surface area (Å²) >= 11 is 0. The predicted molar refractivity (Wildman–Crippen MR) is 110 cm³/mol. The molecule has 1 aromatic heterocycles. The summed E-state index contributed by atoms with van der Waals surface area (Å²) in [7, 11) is 0. The van der Waals surface area contributed by atoms with Crippen LogP contribution in [0.2, 0.25) is 0 Å². The average Bonchev–Trinajstić information content (AvgIpc) is 2.97. The van der Waals surface area contributed by atoms with Gasteiger partial charge in [0.05, 0.1) is 18.8 Å². The van der Waals surface area contributed by atoms with E-state index >= 15 is 0 Å². The Balaban J connectivity index is 2.42. The van der Waals surface area contributed by atoms with E-state index in [0.29, 0.717) is 24.2 Å². The zero-order chi connectivity index (χ0) is 23.6. The summed E-state index contributed by atoms with van der Waals surface area (Å²) in [5.74, 6) is -1.35. The van der Waals surface area contributed by atoms with Gasteiger partial charge in [-0.05, 0) is 48.5 Å². The molecule has 2 heterocycles. The highest BCUT2D eigenvalue weighted by molar-refractivity contribution is 6.07. The second-order valence-corrected chi connectivity index (χ2v) is 9.22. The fourth-order valence-electron chi connectivity index (χ4n) is 3.01. The molecule has 0 atom stereocenters. The van der Waals surface area contributed by atoms with E-state index in [9.17, 15) is 19.2 Å². The van der Waals surface area contributed by atoms with Gasteiger partial charge in [0.1, 0.15) is 23.3 Å². The van der Waals surface area contributed by atoms with Crippen molar-refractivity contribution in [1.29, 1.82) is 0 Å². The quantitative estimate of drug-likeness (QED) is 0.305. The van der Waals surface area contributed by atoms with Crippen LogP contribution in [0.25, 0.3) is 0 Å². The maximum absolute atomic E-state index is 13.0. The number of fused-ring (bicyclic) bond motifs is 1. The first-order valence-corrected chi connectivity index (χ1v) is 10.2. The highest BCUT2D eigenvalue weighted by Gasteiger charge is 2.35. The van der Waals surface area contributed by atoms with E-state index in [1.165, 1.54) is 4.90 Å². The topological polar surface area (TPSA) is 117 Å². The lowest BCUT2D eigenvalue weighted by atomic mass is 10.0. The third kappa shape index (κ3) is 6.53. The number of ketones is 1. The minimum atomic E-state index is -0.835. The highest BCUT2D eigenvalue weighted by atomic mass is 16.6. The summed E-state index contributed by atoms with van der Waals surface area (Å²) < 4.78 is 16.5. The predicted octanol–water partition coefficient (Wildman–Crippen LogP) is 3.10. The summed E-state index contributed by atoms with van der Waals surface area (Å²) in [5.41, 5.74) is -0.672. The molecule has 2 rings (SSSR count). The Morgan fingerprint density at radius 1 is 0.968 bits per heavy atom. The smallest absolute Gasteiger partial charge is 0.435 e. The molecule has 1 aliphatic rings. The first-order valence-electron chi connectivity index (χ1n) is 10.2. The molecule has 0 saturated carbocycles. The number of hydrogen-bond acceptors (Lipinski definition) is 8. The van der Waals surface area contributed by atoms with Gasteiger partial charge in [-0.1, -0.05) is 0 Å². The zero-order valence-corrected chi connectivity index (χ0v) is 19.2. The Hall–Kier alpha value is -2.91. The molecule has 31 heavy (non-hydrogen) atoms. The van der Waals surface area contributed by atoms with E-state index in [-0.39, 0.29) is 18.8 Å². The molecule has 0 saturated heterocycles. The average molecular weight is 437 g/mol. The van der Waals surface area contributed by atoms with E-state index in [1.54, 1.807) is 48.5 Å². The van der Waals surface area contributed by atoms with Crippen LogP contribution in [0.1, 0.15) is 76.6 Å². The number of amides is 1. The van der Waals surface area contributed by atoms with Gasteiger partial charge < -0.3 is 19.1 Å². The lowest BCUT2D eigenvalue weighted by Crippen LogP contribution is -2.40. The standard InChI is InChI=1S/C21H31N3O7/c1-8-29-16(26)11-15(25)17-13-12-23(18(27)30-20(2,3)4)10-9-14(13)22-24(17)19(28)31-21(5,6)7/h8-12H2,1-7H3. The summed E-state index contributed by atoms with van der Waals surface area (Å²) in [6.45, 7) is 12.5. The molecular formula is C21H31N3O7. The first kappa shape index (κ1) is 24.4. The van der Waals surface area contributed by atoms with Crippen LogP contribution in [0, 0.1) is 0 Å². The molecule has 1 aromatic rings. The molecule has 0 aliphatic carbocycles. The molecule has 0 unspecified atom stereocenters. The molecule has 0 radical (unpaired) electrons. The van der Waals surface area contributed by atoms with Crippen molar-refractivity contribution in [2.24, 2.45) is 0 Å². The van der Waals surface area contributed by atoms with Crippen molar-refractivity contribution in [1.82, 2.24) is 14.7 Å². The molecule has 172 valence electrons. The minimum Gasteiger partial charge on any atom is -0.466 e. The van der Waals surface area contributed by atoms with Crippen molar-refractivity contribution in [3.63, 3.8) is 0 Å². The number of carbonyl (C=O) groups is 4. The van der Waals surface area contributed by atoms with Crippen LogP contribution in [0.4, 0.5) is 9.59 Å². The number of rotatable bonds is 4. The van der Waals surface area contributed by atoms with Crippen LogP contribution in [0.3, 0.4) is 0 Å². The van der Waals surface area contributed by atoms with Crippen LogP contribution >= 0.6 is 0 Å². The Morgan fingerprint density at radius 2 is 1.55 bits per heavy atom. The number of esters is 1. The lowest BCUT2D eigenvalue weighted by Gasteiger charge is -2.29. The van der Waals surface area contributed by atoms with Crippen LogP contribution < -0.4 is 0 Å². The second-order valence-electron chi connectivity index (χ2n) is 9.22. The third-order valence-corrected chi connectivity index (χ3v) is 4.13. The van der Waals surface area contributed by atoms with Crippen molar-refractivity contribution in [2.45, 2.75) is 79.1 Å². The van der Waals surface area contributed by atoms with E-state index in [0.717, 1.165) is 4.68 Å². The van der Waals surface area contributed by atoms with Gasteiger partial charge in [-0.2, -0.15) is 9.78 Å². The van der Waals surface area contributed by atoms with Crippen molar-refractivity contribution < 1.29 is 33.4 Å². The summed E-state index contributed by atoms with van der Waals surface area (Å²) in [6, 6.07) is 0. The fraction of sp³-hybridized carbons (Fsp3) is 0.667. The van der Waals surface area contributed by atoms with Crippen molar-refractivity contribution in [2.75, 3.05) is 13.2 Å². The molecule has 0 bridgehead atoms. The molecule has 1 aliphatic heterocycles. The van der Waals surface area contributed by atoms with Crippen molar-refractivity contribution in [3.8, 4) is 0 Å². The molecular weight excluding hydrogens is 406 g/mol. The number of nitrogens with zero attached hydrogens (tertiary/aromatic N) is 3. The van der Waals surface area contributed by atoms with E-state index < -0.39 is 41.6 Å². The fourth-order valence-corrected chi connectivity index (χ4v) is 3.01. The van der Waals surface area contributed by atoms with Gasteiger partial charge in [-0.15, -0.1) is 0 Å². The lowest BCUT2D eigenvalue weighted by molar-refractivity contribution is -0.142. The van der Waals surface area contributed by atoms with Gasteiger partial charge in [0.15, 0.2) is 5.78 Å². The molecule has 0 aromatic carbocycles. The SMILES string of the molecule is CCOC(=O)CC(=O)c1c2c(nn1C(=O)OC(C)(C)C)CCN(C(=O)OC(C)(C)C)C2. The largest absolute Gasteiger partial charge is 0.466 e. The number of aromatic nitrogens is 2. The molecule has 0 fully saturated rings.